The van der Waals surface area contributed by atoms with Gasteiger partial charge in [-0.15, -0.1) is 5.10 Å². The highest BCUT2D eigenvalue weighted by Gasteiger charge is 2.25. The van der Waals surface area contributed by atoms with Crippen molar-refractivity contribution in [3.05, 3.63) is 64.7 Å². The minimum atomic E-state index is -0.145. The van der Waals surface area contributed by atoms with Crippen LogP contribution in [0.1, 0.15) is 27.9 Å². The molecule has 1 amide bonds. The van der Waals surface area contributed by atoms with Crippen LogP contribution in [0.4, 0.5) is 5.13 Å². The highest BCUT2D eigenvalue weighted by molar-refractivity contribution is 7.22. The zero-order chi connectivity index (χ0) is 19.5. The summed E-state index contributed by atoms with van der Waals surface area (Å²) in [5.74, 6) is 0.582. The molecule has 8 heteroatoms. The lowest BCUT2D eigenvalue weighted by Gasteiger charge is -2.19. The Bertz CT molecular complexity index is 1110. The first-order valence-electron chi connectivity index (χ1n) is 8.84. The highest BCUT2D eigenvalue weighted by atomic mass is 32.1. The van der Waals surface area contributed by atoms with Crippen molar-refractivity contribution in [1.29, 1.82) is 0 Å². The predicted molar refractivity (Wildman–Crippen MR) is 112 cm³/mol. The number of fused-ring (bicyclic) bond motifs is 1. The number of aromatic nitrogens is 3. The molecule has 0 aliphatic heterocycles. The summed E-state index contributed by atoms with van der Waals surface area (Å²) >= 11 is 2.58. The zero-order valence-corrected chi connectivity index (χ0v) is 17.1. The molecular formula is C20H18N4O2S2. The van der Waals surface area contributed by atoms with Crippen molar-refractivity contribution in [2.24, 2.45) is 0 Å². The molecule has 6 nitrogen and oxygen atoms in total. The fourth-order valence-electron chi connectivity index (χ4n) is 2.84. The number of anilines is 1. The van der Waals surface area contributed by atoms with Gasteiger partial charge in [0.25, 0.3) is 5.91 Å². The number of rotatable bonds is 6. The fraction of sp³-hybridized carbons (Fsp3) is 0.200. The van der Waals surface area contributed by atoms with Crippen molar-refractivity contribution < 1.29 is 9.53 Å². The van der Waals surface area contributed by atoms with Gasteiger partial charge in [-0.1, -0.05) is 52.2 Å². The van der Waals surface area contributed by atoms with E-state index >= 15 is 0 Å². The molecule has 4 aromatic rings. The summed E-state index contributed by atoms with van der Waals surface area (Å²) in [6, 6.07) is 15.7. The fourth-order valence-corrected chi connectivity index (χ4v) is 4.43. The number of para-hydroxylation sites is 1. The monoisotopic (exact) mass is 410 g/mol. The number of thiazole rings is 1. The smallest absolute Gasteiger partial charge is 0.274 e. The van der Waals surface area contributed by atoms with Crippen LogP contribution >= 0.6 is 22.9 Å². The molecule has 0 aliphatic carbocycles. The lowest BCUT2D eigenvalue weighted by atomic mass is 10.2. The van der Waals surface area contributed by atoms with E-state index in [2.05, 4.69) is 9.59 Å². The molecule has 142 valence electrons. The topological polar surface area (TPSA) is 68.2 Å². The molecule has 0 fully saturated rings. The lowest BCUT2D eigenvalue weighted by molar-refractivity contribution is 0.0988. The first-order valence-corrected chi connectivity index (χ1v) is 10.4. The summed E-state index contributed by atoms with van der Waals surface area (Å²) in [4.78, 5) is 20.3. The molecule has 2 aromatic carbocycles. The van der Waals surface area contributed by atoms with E-state index in [1.54, 1.807) is 11.8 Å². The van der Waals surface area contributed by atoms with E-state index in [0.717, 1.165) is 33.1 Å². The standard InChI is InChI=1S/C20H18N4O2S2/c1-3-26-15-10-7-11-16-17(15)21-20(27-16)24(12-14-8-5-4-6-9-14)19(25)18-13(2)22-23-28-18/h4-11H,3,12H2,1-2H3. The number of amides is 1. The largest absolute Gasteiger partial charge is 0.492 e. The van der Waals surface area contributed by atoms with Crippen molar-refractivity contribution >= 4 is 44.1 Å². The third kappa shape index (κ3) is 3.61. The summed E-state index contributed by atoms with van der Waals surface area (Å²) < 4.78 is 10.6. The molecule has 0 bridgehead atoms. The van der Waals surface area contributed by atoms with Gasteiger partial charge >= 0.3 is 0 Å². The van der Waals surface area contributed by atoms with Gasteiger partial charge in [0.2, 0.25) is 0 Å². The average Bonchev–Trinajstić information content (AvgIpc) is 3.33. The van der Waals surface area contributed by atoms with E-state index in [0.29, 0.717) is 28.9 Å². The quantitative estimate of drug-likeness (QED) is 0.461. The van der Waals surface area contributed by atoms with Gasteiger partial charge in [-0.3, -0.25) is 9.69 Å². The molecular weight excluding hydrogens is 392 g/mol. The molecule has 0 radical (unpaired) electrons. The van der Waals surface area contributed by atoms with E-state index in [1.807, 2.05) is 55.5 Å². The maximum absolute atomic E-state index is 13.3. The summed E-state index contributed by atoms with van der Waals surface area (Å²) in [6.07, 6.45) is 0. The van der Waals surface area contributed by atoms with Crippen molar-refractivity contribution in [3.63, 3.8) is 0 Å². The average molecular weight is 411 g/mol. The van der Waals surface area contributed by atoms with Gasteiger partial charge in [-0.05, 0) is 43.1 Å². The Morgan fingerprint density at radius 2 is 1.96 bits per heavy atom. The summed E-state index contributed by atoms with van der Waals surface area (Å²) in [5.41, 5.74) is 2.42. The Morgan fingerprint density at radius 3 is 2.68 bits per heavy atom. The lowest BCUT2D eigenvalue weighted by Crippen LogP contribution is -2.30. The number of carbonyl (C=O) groups excluding carboxylic acids is 1. The van der Waals surface area contributed by atoms with Gasteiger partial charge in [0, 0.05) is 0 Å². The van der Waals surface area contributed by atoms with Gasteiger partial charge < -0.3 is 4.74 Å². The van der Waals surface area contributed by atoms with Crippen LogP contribution in [0, 0.1) is 6.92 Å². The van der Waals surface area contributed by atoms with Crippen LogP contribution in [0.5, 0.6) is 5.75 Å². The molecule has 0 N–H and O–H groups in total. The SMILES string of the molecule is CCOc1cccc2sc(N(Cc3ccccc3)C(=O)c3snnc3C)nc12. The molecule has 2 heterocycles. The minimum absolute atomic E-state index is 0.145. The molecule has 0 saturated carbocycles. The number of hydrogen-bond donors (Lipinski definition) is 0. The normalized spacial score (nSPS) is 10.9. The third-order valence-electron chi connectivity index (χ3n) is 4.18. The van der Waals surface area contributed by atoms with E-state index in [4.69, 9.17) is 9.72 Å². The van der Waals surface area contributed by atoms with Crippen LogP contribution in [-0.2, 0) is 6.54 Å². The molecule has 0 spiro atoms. The summed E-state index contributed by atoms with van der Waals surface area (Å²) in [7, 11) is 0. The number of nitrogens with zero attached hydrogens (tertiary/aromatic N) is 4. The van der Waals surface area contributed by atoms with Gasteiger partial charge in [-0.25, -0.2) is 4.98 Å². The maximum Gasteiger partial charge on any atom is 0.274 e. The second-order valence-electron chi connectivity index (χ2n) is 6.10. The second kappa shape index (κ2) is 8.04. The Hall–Kier alpha value is -2.84. The highest BCUT2D eigenvalue weighted by Crippen LogP contribution is 2.35. The molecule has 0 aliphatic rings. The summed E-state index contributed by atoms with van der Waals surface area (Å²) in [5, 5.41) is 4.61. The van der Waals surface area contributed by atoms with Crippen molar-refractivity contribution in [2.75, 3.05) is 11.5 Å². The van der Waals surface area contributed by atoms with Crippen LogP contribution < -0.4 is 9.64 Å². The second-order valence-corrected chi connectivity index (χ2v) is 7.86. The Kier molecular flexibility index (Phi) is 5.31. The Labute approximate surface area is 170 Å². The van der Waals surface area contributed by atoms with Gasteiger partial charge in [0.1, 0.15) is 16.1 Å². The number of aryl methyl sites for hydroxylation is 1. The van der Waals surface area contributed by atoms with Crippen LogP contribution in [0.15, 0.2) is 48.5 Å². The molecule has 2 aromatic heterocycles. The van der Waals surface area contributed by atoms with Crippen LogP contribution in [0.2, 0.25) is 0 Å². The molecule has 0 unspecified atom stereocenters. The number of carbonyl (C=O) groups is 1. The van der Waals surface area contributed by atoms with E-state index in [9.17, 15) is 4.79 Å². The van der Waals surface area contributed by atoms with Crippen molar-refractivity contribution in [1.82, 2.24) is 14.6 Å². The summed E-state index contributed by atoms with van der Waals surface area (Å²) in [6.45, 7) is 4.71. The maximum atomic E-state index is 13.3. The Morgan fingerprint density at radius 1 is 1.14 bits per heavy atom. The molecule has 4 rings (SSSR count). The molecule has 0 atom stereocenters. The van der Waals surface area contributed by atoms with E-state index in [-0.39, 0.29) is 5.91 Å². The van der Waals surface area contributed by atoms with Crippen LogP contribution in [0.25, 0.3) is 10.2 Å². The van der Waals surface area contributed by atoms with Crippen LogP contribution in [-0.4, -0.2) is 27.1 Å². The predicted octanol–water partition coefficient (Wildman–Crippen LogP) is 4.70. The number of hydrogen-bond acceptors (Lipinski definition) is 7. The first-order chi connectivity index (χ1) is 13.7. The molecule has 0 saturated heterocycles. The Balaban J connectivity index is 1.78. The van der Waals surface area contributed by atoms with Crippen LogP contribution in [0.3, 0.4) is 0 Å². The van der Waals surface area contributed by atoms with Crippen molar-refractivity contribution in [2.45, 2.75) is 20.4 Å². The van der Waals surface area contributed by atoms with Gasteiger partial charge in [-0.2, -0.15) is 0 Å². The van der Waals surface area contributed by atoms with E-state index in [1.165, 1.54) is 11.3 Å². The van der Waals surface area contributed by atoms with Crippen molar-refractivity contribution in [3.8, 4) is 5.75 Å². The number of benzene rings is 2. The third-order valence-corrected chi connectivity index (χ3v) is 6.04. The van der Waals surface area contributed by atoms with Gasteiger partial charge in [0.15, 0.2) is 5.13 Å². The van der Waals surface area contributed by atoms with Gasteiger partial charge in [0.05, 0.1) is 23.5 Å². The zero-order valence-electron chi connectivity index (χ0n) is 15.5. The van der Waals surface area contributed by atoms with E-state index < -0.39 is 0 Å². The molecule has 28 heavy (non-hydrogen) atoms. The minimum Gasteiger partial charge on any atom is -0.492 e. The number of ether oxygens (including phenoxy) is 1. The first kappa shape index (κ1) is 18.5.